The predicted molar refractivity (Wildman–Crippen MR) is 282 cm³/mol. The fraction of sp³-hybridized carbons (Fsp3) is 0.352. The van der Waals surface area contributed by atoms with Crippen LogP contribution >= 0.6 is 0 Å². The average molecular weight is 1040 g/mol. The number of imidazole rings is 1. The molecule has 0 bridgehead atoms. The molecule has 8 N–H and O–H groups in total. The highest BCUT2D eigenvalue weighted by molar-refractivity contribution is 6.12. The number of hydrogen-bond acceptors (Lipinski definition) is 13. The number of hydrogen-bond donors (Lipinski definition) is 7. The lowest BCUT2D eigenvalue weighted by Crippen LogP contribution is -2.54. The lowest BCUT2D eigenvalue weighted by atomic mass is 9.98. The van der Waals surface area contributed by atoms with Crippen LogP contribution in [0, 0.1) is 12.8 Å². The molecule has 0 aliphatic carbocycles. The zero-order chi connectivity index (χ0) is 53.7. The molecule has 396 valence electrons. The van der Waals surface area contributed by atoms with Gasteiger partial charge >= 0.3 is 12.1 Å². The summed E-state index contributed by atoms with van der Waals surface area (Å²) < 4.78 is 7.47. The van der Waals surface area contributed by atoms with Crippen molar-refractivity contribution in [1.29, 1.82) is 0 Å². The van der Waals surface area contributed by atoms with Crippen molar-refractivity contribution in [3.8, 4) is 22.6 Å². The van der Waals surface area contributed by atoms with E-state index in [-0.39, 0.29) is 56.2 Å². The first-order chi connectivity index (χ1) is 36.7. The van der Waals surface area contributed by atoms with E-state index in [4.69, 9.17) is 20.4 Å². The van der Waals surface area contributed by atoms with Crippen molar-refractivity contribution in [2.45, 2.75) is 97.5 Å². The summed E-state index contributed by atoms with van der Waals surface area (Å²) >= 11 is 0. The molecule has 2 aliphatic heterocycles. The maximum absolute atomic E-state index is 13.7. The van der Waals surface area contributed by atoms with Gasteiger partial charge in [0, 0.05) is 73.6 Å². The zero-order valence-corrected chi connectivity index (χ0v) is 42.6. The van der Waals surface area contributed by atoms with Gasteiger partial charge in [-0.2, -0.15) is 5.10 Å². The van der Waals surface area contributed by atoms with Crippen molar-refractivity contribution < 1.29 is 38.3 Å². The third-order valence-electron chi connectivity index (χ3n) is 13.1. The molecule has 2 unspecified atom stereocenters. The van der Waals surface area contributed by atoms with E-state index in [1.807, 2.05) is 61.7 Å². The molecule has 76 heavy (non-hydrogen) atoms. The van der Waals surface area contributed by atoms with Crippen molar-refractivity contribution >= 4 is 58.7 Å². The molecular formula is C54H62N14O8. The number of rotatable bonds is 23. The third-order valence-corrected chi connectivity index (χ3v) is 13.1. The minimum atomic E-state index is -1.04. The number of aromatic amines is 1. The number of unbranched alkanes of at least 4 members (excludes halogenated alkanes) is 2. The number of benzene rings is 2. The Kier molecular flexibility index (Phi) is 17.4. The van der Waals surface area contributed by atoms with E-state index >= 15 is 0 Å². The summed E-state index contributed by atoms with van der Waals surface area (Å²) in [6.07, 6.45) is 8.19. The minimum absolute atomic E-state index is 0.0118. The van der Waals surface area contributed by atoms with Gasteiger partial charge in [-0.1, -0.05) is 50.6 Å². The fourth-order valence-corrected chi connectivity index (χ4v) is 9.01. The van der Waals surface area contributed by atoms with Gasteiger partial charge in [0.25, 0.3) is 11.8 Å². The monoisotopic (exact) mass is 1030 g/mol. The zero-order valence-electron chi connectivity index (χ0n) is 42.6. The third kappa shape index (κ3) is 13.8. The Bertz CT molecular complexity index is 3110. The van der Waals surface area contributed by atoms with Crippen LogP contribution in [0.4, 0.5) is 21.0 Å². The van der Waals surface area contributed by atoms with Crippen LogP contribution < -0.4 is 32.3 Å². The van der Waals surface area contributed by atoms with Gasteiger partial charge in [0.2, 0.25) is 17.7 Å². The van der Waals surface area contributed by atoms with E-state index in [9.17, 15) is 33.6 Å². The van der Waals surface area contributed by atoms with Crippen molar-refractivity contribution in [1.82, 2.24) is 55.3 Å². The summed E-state index contributed by atoms with van der Waals surface area (Å²) in [4.78, 5) is 109. The van der Waals surface area contributed by atoms with Crippen molar-refractivity contribution in [2.24, 2.45) is 11.7 Å². The molecule has 2 aromatic carbocycles. The molecule has 0 fully saturated rings. The van der Waals surface area contributed by atoms with E-state index in [2.05, 4.69) is 41.7 Å². The van der Waals surface area contributed by atoms with E-state index in [0.29, 0.717) is 68.8 Å². The van der Waals surface area contributed by atoms with Gasteiger partial charge in [-0.05, 0) is 104 Å². The number of pyridine rings is 2. The Morgan fingerprint density at radius 1 is 0.868 bits per heavy atom. The van der Waals surface area contributed by atoms with E-state index in [1.165, 1.54) is 18.5 Å². The van der Waals surface area contributed by atoms with E-state index in [0.717, 1.165) is 55.7 Å². The lowest BCUT2D eigenvalue weighted by Gasteiger charge is -2.29. The number of H-pyrrole nitrogens is 1. The second-order valence-electron chi connectivity index (χ2n) is 19.0. The van der Waals surface area contributed by atoms with Crippen molar-refractivity contribution in [3.05, 3.63) is 126 Å². The molecule has 22 nitrogen and oxygen atoms in total. The number of primary amides is 1. The van der Waals surface area contributed by atoms with E-state index < -0.39 is 36.0 Å². The molecule has 6 aromatic rings. The first-order valence-electron chi connectivity index (χ1n) is 25.3. The molecular weight excluding hydrogens is 973 g/mol. The summed E-state index contributed by atoms with van der Waals surface area (Å²) in [5.41, 5.74) is 14.2. The van der Waals surface area contributed by atoms with Gasteiger partial charge in [-0.25, -0.2) is 24.1 Å². The normalized spacial score (nSPS) is 13.8. The number of aryl methyl sites for hydroxylation is 1. The average Bonchev–Trinajstić information content (AvgIpc) is 4.15. The van der Waals surface area contributed by atoms with Crippen LogP contribution in [0.2, 0.25) is 0 Å². The first-order valence-corrected chi connectivity index (χ1v) is 25.3. The number of nitrogens with two attached hydrogens (primary N) is 1. The van der Waals surface area contributed by atoms with Gasteiger partial charge < -0.3 is 46.9 Å². The second kappa shape index (κ2) is 24.9. The van der Waals surface area contributed by atoms with Gasteiger partial charge in [-0.15, -0.1) is 0 Å². The van der Waals surface area contributed by atoms with Crippen molar-refractivity contribution in [3.63, 3.8) is 0 Å². The number of aromatic nitrogens is 6. The molecule has 2 aliphatic rings. The number of amides is 8. The first kappa shape index (κ1) is 53.3. The van der Waals surface area contributed by atoms with Crippen molar-refractivity contribution in [2.75, 3.05) is 30.3 Å². The maximum atomic E-state index is 13.7. The number of carbonyl (C=O) groups excluding carboxylic acids is 7. The summed E-state index contributed by atoms with van der Waals surface area (Å²) in [7, 11) is 0. The smallest absolute Gasteiger partial charge is 0.410 e. The highest BCUT2D eigenvalue weighted by Crippen LogP contribution is 2.31. The number of nitrogens with one attached hydrogen (secondary N) is 6. The fourth-order valence-electron chi connectivity index (χ4n) is 9.01. The SMILES string of the molecule is Cc1cccc(-c2nc(CNc3cccc4c3CCN(C(=O)OCc3ccc(NC(=O)C(CCCNC(N)=O)NC(=O)C(NC(=O)CCCCCN5C(=O)C=CC5=O)C(C)C)cc3)C4)[nH]c2-c2ccc3ncnn3c2)n1. The van der Waals surface area contributed by atoms with Gasteiger partial charge in [0.05, 0.1) is 17.9 Å². The Morgan fingerprint density at radius 2 is 1.66 bits per heavy atom. The molecule has 2 atom stereocenters. The lowest BCUT2D eigenvalue weighted by molar-refractivity contribution is -0.137. The molecule has 8 amide bonds. The number of imide groups is 1. The highest BCUT2D eigenvalue weighted by atomic mass is 16.6. The molecule has 0 saturated heterocycles. The molecule has 4 aromatic heterocycles. The Hall–Kier alpha value is -8.95. The Balaban J connectivity index is 0.820. The van der Waals surface area contributed by atoms with E-state index in [1.54, 1.807) is 47.5 Å². The number of carbonyl (C=O) groups is 7. The predicted octanol–water partition coefficient (Wildman–Crippen LogP) is 5.29. The van der Waals surface area contributed by atoms with Crippen LogP contribution in [0.1, 0.15) is 80.6 Å². The number of anilines is 2. The molecule has 0 saturated carbocycles. The second-order valence-corrected chi connectivity index (χ2v) is 19.0. The van der Waals surface area contributed by atoms with Crippen LogP contribution in [0.5, 0.6) is 0 Å². The summed E-state index contributed by atoms with van der Waals surface area (Å²) in [6, 6.07) is 19.8. The number of fused-ring (bicyclic) bond motifs is 2. The number of nitrogens with zero attached hydrogens (tertiary/aromatic N) is 7. The van der Waals surface area contributed by atoms with Crippen LogP contribution in [0.15, 0.2) is 97.5 Å². The molecule has 0 spiro atoms. The summed E-state index contributed by atoms with van der Waals surface area (Å²) in [5, 5.41) is 18.8. The molecule has 8 rings (SSSR count). The topological polar surface area (TPSA) is 293 Å². The quantitative estimate of drug-likeness (QED) is 0.0317. The summed E-state index contributed by atoms with van der Waals surface area (Å²) in [5.74, 6) is -1.74. The van der Waals surface area contributed by atoms with Crippen LogP contribution in [-0.2, 0) is 54.8 Å². The van der Waals surface area contributed by atoms with Crippen LogP contribution in [0.3, 0.4) is 0 Å². The molecule has 0 radical (unpaired) electrons. The Labute approximate surface area is 438 Å². The largest absolute Gasteiger partial charge is 0.445 e. The number of ether oxygens (including phenoxy) is 1. The minimum Gasteiger partial charge on any atom is -0.445 e. The Morgan fingerprint density at radius 3 is 2.42 bits per heavy atom. The standard InChI is InChI=1S/C54H62N14O8/c1-33(2)48(65-45(69)15-5-4-6-26-67-46(70)22-23-47(67)71)52(73)62-42(14-9-25-56-53(55)74)51(72)61-38-19-16-35(17-20-38)31-76-54(75)66-27-24-39-36(29-66)11-8-12-40(39)57-28-43-63-49(37-18-21-44-58-32-59-68(44)30-37)50(64-43)41-13-7-10-34(3)60-41/h7-8,10-13,16-23,30,32-33,42,48,57H,4-6,9,14-15,24-29,31H2,1-3H3,(H,61,72)(H,62,73)(H,63,64)(H,65,69)(H3,55,56,74). The molecule has 22 heteroatoms. The molecule has 6 heterocycles. The van der Waals surface area contributed by atoms with Gasteiger partial charge in [-0.3, -0.25) is 33.9 Å². The van der Waals surface area contributed by atoms with Crippen LogP contribution in [0.25, 0.3) is 28.3 Å². The van der Waals surface area contributed by atoms with Gasteiger partial charge in [0.1, 0.15) is 36.5 Å². The van der Waals surface area contributed by atoms with Gasteiger partial charge in [0.15, 0.2) is 5.65 Å². The number of urea groups is 1. The maximum Gasteiger partial charge on any atom is 0.410 e. The van der Waals surface area contributed by atoms with Crippen LogP contribution in [-0.4, -0.2) is 113 Å². The highest BCUT2D eigenvalue weighted by Gasteiger charge is 2.30. The summed E-state index contributed by atoms with van der Waals surface area (Å²) in [6.45, 7) is 7.12.